The maximum absolute atomic E-state index is 5.50. The van der Waals surface area contributed by atoms with Crippen LogP contribution in [0.3, 0.4) is 0 Å². The molecule has 3 nitrogen and oxygen atoms in total. The Morgan fingerprint density at radius 2 is 1.62 bits per heavy atom. The molecule has 0 aliphatic rings. The summed E-state index contributed by atoms with van der Waals surface area (Å²) in [5.41, 5.74) is 3.18. The van der Waals surface area contributed by atoms with Crippen molar-refractivity contribution in [1.29, 1.82) is 0 Å². The molecule has 0 spiro atoms. The third-order valence-electron chi connectivity index (χ3n) is 3.53. The van der Waals surface area contributed by atoms with E-state index in [1.807, 2.05) is 54.6 Å². The number of thiocarbonyl (C=S) groups is 1. The number of hydrogen-bond donors (Lipinski definition) is 2. The van der Waals surface area contributed by atoms with Crippen molar-refractivity contribution in [2.75, 3.05) is 5.32 Å². The van der Waals surface area contributed by atoms with Crippen molar-refractivity contribution in [2.45, 2.75) is 6.04 Å². The third kappa shape index (κ3) is 4.40. The standard InChI is InChI=1S/C19H16BrN3S/c20-16-7-4-8-17(13-16)22-19(24)23-18(14-5-2-1-3-6-14)15-9-11-21-12-10-15/h1-13,18H,(H2,22,23,24)/t18-/m1/s1. The smallest absolute Gasteiger partial charge is 0.171 e. The van der Waals surface area contributed by atoms with Crippen LogP contribution in [-0.2, 0) is 0 Å². The quantitative estimate of drug-likeness (QED) is 0.612. The Morgan fingerprint density at radius 1 is 0.917 bits per heavy atom. The van der Waals surface area contributed by atoms with Crippen molar-refractivity contribution >= 4 is 38.9 Å². The van der Waals surface area contributed by atoms with Gasteiger partial charge in [0.15, 0.2) is 5.11 Å². The summed E-state index contributed by atoms with van der Waals surface area (Å²) < 4.78 is 1.00. The van der Waals surface area contributed by atoms with Gasteiger partial charge in [0, 0.05) is 22.6 Å². The van der Waals surface area contributed by atoms with E-state index >= 15 is 0 Å². The molecule has 1 atom stereocenters. The van der Waals surface area contributed by atoms with Gasteiger partial charge in [0.2, 0.25) is 0 Å². The van der Waals surface area contributed by atoms with Crippen LogP contribution in [0, 0.1) is 0 Å². The van der Waals surface area contributed by atoms with Crippen LogP contribution < -0.4 is 10.6 Å². The van der Waals surface area contributed by atoms with E-state index in [1.54, 1.807) is 12.4 Å². The minimum absolute atomic E-state index is 0.0404. The first-order valence-electron chi connectivity index (χ1n) is 7.50. The highest BCUT2D eigenvalue weighted by atomic mass is 79.9. The second kappa shape index (κ2) is 8.04. The fourth-order valence-electron chi connectivity index (χ4n) is 2.43. The van der Waals surface area contributed by atoms with Gasteiger partial charge < -0.3 is 10.6 Å². The van der Waals surface area contributed by atoms with Gasteiger partial charge in [-0.1, -0.05) is 52.3 Å². The number of aromatic nitrogens is 1. The molecule has 0 aliphatic heterocycles. The Labute approximate surface area is 155 Å². The third-order valence-corrected chi connectivity index (χ3v) is 4.24. The SMILES string of the molecule is S=C(Nc1cccc(Br)c1)N[C@H](c1ccccc1)c1ccncc1. The Hall–Kier alpha value is -2.24. The van der Waals surface area contributed by atoms with Gasteiger partial charge in [-0.3, -0.25) is 4.98 Å². The molecule has 0 bridgehead atoms. The van der Waals surface area contributed by atoms with E-state index in [0.29, 0.717) is 5.11 Å². The lowest BCUT2D eigenvalue weighted by Gasteiger charge is -2.22. The lowest BCUT2D eigenvalue weighted by atomic mass is 10.00. The van der Waals surface area contributed by atoms with Crippen LogP contribution in [0.15, 0.2) is 83.6 Å². The van der Waals surface area contributed by atoms with Gasteiger partial charge in [0.25, 0.3) is 0 Å². The van der Waals surface area contributed by atoms with Crippen molar-refractivity contribution in [3.8, 4) is 0 Å². The number of nitrogens with one attached hydrogen (secondary N) is 2. The fraction of sp³-hybridized carbons (Fsp3) is 0.0526. The molecule has 24 heavy (non-hydrogen) atoms. The number of rotatable bonds is 4. The van der Waals surface area contributed by atoms with E-state index < -0.39 is 0 Å². The van der Waals surface area contributed by atoms with Gasteiger partial charge in [0.05, 0.1) is 6.04 Å². The van der Waals surface area contributed by atoms with Crippen molar-refractivity contribution < 1.29 is 0 Å². The second-order valence-electron chi connectivity index (χ2n) is 5.23. The van der Waals surface area contributed by atoms with Gasteiger partial charge in [0.1, 0.15) is 0 Å². The van der Waals surface area contributed by atoms with Crippen molar-refractivity contribution in [1.82, 2.24) is 10.3 Å². The number of pyridine rings is 1. The molecule has 0 unspecified atom stereocenters. The number of hydrogen-bond acceptors (Lipinski definition) is 2. The van der Waals surface area contributed by atoms with Crippen LogP contribution in [0.25, 0.3) is 0 Å². The molecule has 0 aliphatic carbocycles. The Kier molecular flexibility index (Phi) is 5.56. The molecule has 2 aromatic carbocycles. The molecule has 0 saturated heterocycles. The minimum Gasteiger partial charge on any atom is -0.352 e. The predicted molar refractivity (Wildman–Crippen MR) is 106 cm³/mol. The summed E-state index contributed by atoms with van der Waals surface area (Å²) in [5.74, 6) is 0. The number of halogens is 1. The second-order valence-corrected chi connectivity index (χ2v) is 6.56. The molecule has 120 valence electrons. The first-order chi connectivity index (χ1) is 11.7. The normalized spacial score (nSPS) is 11.5. The summed E-state index contributed by atoms with van der Waals surface area (Å²) in [6, 6.07) is 22.1. The highest BCUT2D eigenvalue weighted by Crippen LogP contribution is 2.22. The van der Waals surface area contributed by atoms with Gasteiger partial charge in [-0.05, 0) is 53.7 Å². The molecule has 1 aromatic heterocycles. The minimum atomic E-state index is -0.0404. The average molecular weight is 398 g/mol. The van der Waals surface area contributed by atoms with Gasteiger partial charge >= 0.3 is 0 Å². The van der Waals surface area contributed by atoms with Gasteiger partial charge in [-0.25, -0.2) is 0 Å². The molecule has 5 heteroatoms. The molecule has 0 saturated carbocycles. The molecule has 0 amide bonds. The molecular weight excluding hydrogens is 382 g/mol. The van der Waals surface area contributed by atoms with E-state index in [-0.39, 0.29) is 6.04 Å². The summed E-state index contributed by atoms with van der Waals surface area (Å²) in [5, 5.41) is 7.19. The number of anilines is 1. The van der Waals surface area contributed by atoms with Crippen LogP contribution >= 0.6 is 28.1 Å². The lowest BCUT2D eigenvalue weighted by Crippen LogP contribution is -2.33. The average Bonchev–Trinajstić information content (AvgIpc) is 2.61. The maximum atomic E-state index is 5.50. The summed E-state index contributed by atoms with van der Waals surface area (Å²) in [6.07, 6.45) is 3.58. The zero-order valence-electron chi connectivity index (χ0n) is 12.8. The fourth-order valence-corrected chi connectivity index (χ4v) is 3.06. The van der Waals surface area contributed by atoms with Gasteiger partial charge in [-0.2, -0.15) is 0 Å². The van der Waals surface area contributed by atoms with Crippen molar-refractivity contribution in [2.24, 2.45) is 0 Å². The highest BCUT2D eigenvalue weighted by molar-refractivity contribution is 9.10. The first-order valence-corrected chi connectivity index (χ1v) is 8.70. The van der Waals surface area contributed by atoms with Gasteiger partial charge in [-0.15, -0.1) is 0 Å². The largest absolute Gasteiger partial charge is 0.352 e. The molecule has 0 fully saturated rings. The summed E-state index contributed by atoms with van der Waals surface area (Å²) in [7, 11) is 0. The topological polar surface area (TPSA) is 37.0 Å². The van der Waals surface area contributed by atoms with Crippen molar-refractivity contribution in [3.05, 3.63) is 94.7 Å². The van der Waals surface area contributed by atoms with Crippen LogP contribution in [-0.4, -0.2) is 10.1 Å². The Bertz CT molecular complexity index is 770. The van der Waals surface area contributed by atoms with Crippen molar-refractivity contribution in [3.63, 3.8) is 0 Å². The molecule has 1 heterocycles. The van der Waals surface area contributed by atoms with Crippen LogP contribution in [0.5, 0.6) is 0 Å². The van der Waals surface area contributed by atoms with Crippen LogP contribution in [0.2, 0.25) is 0 Å². The molecular formula is C19H16BrN3S. The first kappa shape index (κ1) is 16.6. The zero-order valence-corrected chi connectivity index (χ0v) is 15.2. The molecule has 3 aromatic rings. The maximum Gasteiger partial charge on any atom is 0.171 e. The monoisotopic (exact) mass is 397 g/mol. The highest BCUT2D eigenvalue weighted by Gasteiger charge is 2.15. The Balaban J connectivity index is 1.80. The molecule has 2 N–H and O–H groups in total. The van der Waals surface area contributed by atoms with E-state index in [9.17, 15) is 0 Å². The summed E-state index contributed by atoms with van der Waals surface area (Å²) in [6.45, 7) is 0. The predicted octanol–water partition coefficient (Wildman–Crippen LogP) is 4.92. The summed E-state index contributed by atoms with van der Waals surface area (Å²) in [4.78, 5) is 4.10. The van der Waals surface area contributed by atoms with E-state index in [1.165, 1.54) is 0 Å². The number of benzene rings is 2. The van der Waals surface area contributed by atoms with E-state index in [4.69, 9.17) is 12.2 Å². The zero-order chi connectivity index (χ0) is 16.8. The van der Waals surface area contributed by atoms with Crippen LogP contribution in [0.4, 0.5) is 5.69 Å². The van der Waals surface area contributed by atoms with Crippen LogP contribution in [0.1, 0.15) is 17.2 Å². The number of nitrogens with zero attached hydrogens (tertiary/aromatic N) is 1. The van der Waals surface area contributed by atoms with E-state index in [2.05, 4.69) is 43.7 Å². The summed E-state index contributed by atoms with van der Waals surface area (Å²) >= 11 is 8.97. The Morgan fingerprint density at radius 3 is 2.33 bits per heavy atom. The van der Waals surface area contributed by atoms with E-state index in [0.717, 1.165) is 21.3 Å². The molecule has 3 rings (SSSR count). The molecule has 0 radical (unpaired) electrons. The lowest BCUT2D eigenvalue weighted by molar-refractivity contribution is 0.767.